The van der Waals surface area contributed by atoms with E-state index in [2.05, 4.69) is 5.32 Å². The molecule has 114 valence electrons. The van der Waals surface area contributed by atoms with E-state index < -0.39 is 0 Å². The summed E-state index contributed by atoms with van der Waals surface area (Å²) in [6, 6.07) is 9.38. The molecule has 1 fully saturated rings. The Bertz CT molecular complexity index is 476. The number of amides is 1. The predicted octanol–water partition coefficient (Wildman–Crippen LogP) is 1.90. The van der Waals surface area contributed by atoms with Gasteiger partial charge in [-0.25, -0.2) is 0 Å². The molecule has 1 saturated heterocycles. The fraction of sp³-hybridized carbons (Fsp3) is 0.500. The number of likely N-dealkylation sites (tertiary alicyclic amines) is 1. The molecule has 0 unspecified atom stereocenters. The lowest BCUT2D eigenvalue weighted by molar-refractivity contribution is -0.150. The van der Waals surface area contributed by atoms with E-state index in [0.29, 0.717) is 19.7 Å². The number of hydrogen-bond donors (Lipinski definition) is 1. The highest BCUT2D eigenvalue weighted by molar-refractivity contribution is 5.92. The summed E-state index contributed by atoms with van der Waals surface area (Å²) in [5.74, 6) is -0.306. The summed E-state index contributed by atoms with van der Waals surface area (Å²) in [7, 11) is 0. The Balaban J connectivity index is 1.82. The summed E-state index contributed by atoms with van der Waals surface area (Å²) in [5, 5.41) is 2.86. The number of para-hydroxylation sites is 1. The second-order valence-corrected chi connectivity index (χ2v) is 5.24. The largest absolute Gasteiger partial charge is 0.466 e. The number of ether oxygens (including phenoxy) is 1. The number of anilines is 1. The molecule has 1 amide bonds. The van der Waals surface area contributed by atoms with Crippen LogP contribution in [-0.4, -0.2) is 43.0 Å². The van der Waals surface area contributed by atoms with Gasteiger partial charge >= 0.3 is 5.97 Å². The van der Waals surface area contributed by atoms with Crippen LogP contribution in [0.3, 0.4) is 0 Å². The van der Waals surface area contributed by atoms with Crippen molar-refractivity contribution in [2.75, 3.05) is 31.6 Å². The van der Waals surface area contributed by atoms with Crippen LogP contribution in [0, 0.1) is 5.92 Å². The summed E-state index contributed by atoms with van der Waals surface area (Å²) in [6.07, 6.45) is 1.76. The normalized spacial score (nSPS) is 19.0. The molecule has 1 N–H and O–H groups in total. The van der Waals surface area contributed by atoms with Crippen molar-refractivity contribution in [2.45, 2.75) is 19.8 Å². The van der Waals surface area contributed by atoms with E-state index in [4.69, 9.17) is 4.74 Å². The van der Waals surface area contributed by atoms with Crippen molar-refractivity contribution in [3.05, 3.63) is 30.3 Å². The maximum absolute atomic E-state index is 12.0. The summed E-state index contributed by atoms with van der Waals surface area (Å²) >= 11 is 0. The van der Waals surface area contributed by atoms with Gasteiger partial charge in [0.05, 0.1) is 19.1 Å². The summed E-state index contributed by atoms with van der Waals surface area (Å²) in [4.78, 5) is 25.8. The van der Waals surface area contributed by atoms with Crippen molar-refractivity contribution >= 4 is 17.6 Å². The lowest BCUT2D eigenvalue weighted by Crippen LogP contribution is -2.43. The number of benzene rings is 1. The maximum Gasteiger partial charge on any atom is 0.310 e. The van der Waals surface area contributed by atoms with Crippen molar-refractivity contribution in [1.29, 1.82) is 0 Å². The molecule has 5 heteroatoms. The molecule has 0 radical (unpaired) electrons. The quantitative estimate of drug-likeness (QED) is 0.842. The average molecular weight is 290 g/mol. The van der Waals surface area contributed by atoms with E-state index in [-0.39, 0.29) is 17.8 Å². The third-order valence-electron chi connectivity index (χ3n) is 3.55. The minimum Gasteiger partial charge on any atom is -0.466 e. The predicted molar refractivity (Wildman–Crippen MR) is 80.9 cm³/mol. The molecule has 0 aliphatic carbocycles. The van der Waals surface area contributed by atoms with Gasteiger partial charge in [0.2, 0.25) is 5.91 Å². The van der Waals surface area contributed by atoms with Crippen LogP contribution in [0.1, 0.15) is 19.8 Å². The van der Waals surface area contributed by atoms with Crippen LogP contribution in [0.25, 0.3) is 0 Å². The van der Waals surface area contributed by atoms with Crippen molar-refractivity contribution in [3.63, 3.8) is 0 Å². The Morgan fingerprint density at radius 3 is 2.81 bits per heavy atom. The number of nitrogens with one attached hydrogen (secondary N) is 1. The Morgan fingerprint density at radius 1 is 1.33 bits per heavy atom. The van der Waals surface area contributed by atoms with Gasteiger partial charge in [0.15, 0.2) is 0 Å². The molecular weight excluding hydrogens is 268 g/mol. The van der Waals surface area contributed by atoms with Gasteiger partial charge in [-0.2, -0.15) is 0 Å². The highest BCUT2D eigenvalue weighted by Crippen LogP contribution is 2.18. The van der Waals surface area contributed by atoms with Crippen LogP contribution in [0.4, 0.5) is 5.69 Å². The van der Waals surface area contributed by atoms with E-state index in [1.807, 2.05) is 42.2 Å². The first-order chi connectivity index (χ1) is 10.2. The molecule has 1 atom stereocenters. The van der Waals surface area contributed by atoms with E-state index >= 15 is 0 Å². The molecule has 2 rings (SSSR count). The Morgan fingerprint density at radius 2 is 2.10 bits per heavy atom. The van der Waals surface area contributed by atoms with Crippen molar-refractivity contribution in [3.8, 4) is 0 Å². The van der Waals surface area contributed by atoms with Gasteiger partial charge in [0, 0.05) is 12.2 Å². The molecule has 0 spiro atoms. The summed E-state index contributed by atoms with van der Waals surface area (Å²) in [6.45, 7) is 3.97. The monoisotopic (exact) mass is 290 g/mol. The number of hydrogen-bond acceptors (Lipinski definition) is 4. The first-order valence-electron chi connectivity index (χ1n) is 7.43. The van der Waals surface area contributed by atoms with Gasteiger partial charge < -0.3 is 10.1 Å². The zero-order valence-corrected chi connectivity index (χ0v) is 12.4. The van der Waals surface area contributed by atoms with Gasteiger partial charge in [-0.15, -0.1) is 0 Å². The molecule has 1 aliphatic heterocycles. The smallest absolute Gasteiger partial charge is 0.310 e. The van der Waals surface area contributed by atoms with Crippen LogP contribution < -0.4 is 5.32 Å². The number of piperidine rings is 1. The first-order valence-corrected chi connectivity index (χ1v) is 7.43. The van der Waals surface area contributed by atoms with Gasteiger partial charge in [-0.3, -0.25) is 14.5 Å². The number of nitrogens with zero attached hydrogens (tertiary/aromatic N) is 1. The topological polar surface area (TPSA) is 58.6 Å². The van der Waals surface area contributed by atoms with Crippen LogP contribution >= 0.6 is 0 Å². The summed E-state index contributed by atoms with van der Waals surface area (Å²) in [5.41, 5.74) is 0.793. The van der Waals surface area contributed by atoms with E-state index in [1.54, 1.807) is 0 Å². The molecular formula is C16H22N2O3. The fourth-order valence-electron chi connectivity index (χ4n) is 2.58. The van der Waals surface area contributed by atoms with Gasteiger partial charge in [-0.05, 0) is 38.4 Å². The molecule has 1 aromatic rings. The second kappa shape index (κ2) is 7.78. The molecule has 1 heterocycles. The van der Waals surface area contributed by atoms with Crippen molar-refractivity contribution in [2.24, 2.45) is 5.92 Å². The van der Waals surface area contributed by atoms with Crippen LogP contribution in [0.2, 0.25) is 0 Å². The average Bonchev–Trinajstić information content (AvgIpc) is 2.48. The van der Waals surface area contributed by atoms with Crippen molar-refractivity contribution < 1.29 is 14.3 Å². The van der Waals surface area contributed by atoms with E-state index in [9.17, 15) is 9.59 Å². The molecule has 21 heavy (non-hydrogen) atoms. The van der Waals surface area contributed by atoms with Crippen LogP contribution in [0.15, 0.2) is 30.3 Å². The number of carbonyl (C=O) groups is 2. The molecule has 0 saturated carbocycles. The number of carbonyl (C=O) groups excluding carboxylic acids is 2. The Hall–Kier alpha value is -1.88. The van der Waals surface area contributed by atoms with Crippen LogP contribution in [-0.2, 0) is 14.3 Å². The fourth-order valence-corrected chi connectivity index (χ4v) is 2.58. The highest BCUT2D eigenvalue weighted by atomic mass is 16.5. The minimum atomic E-state index is -0.148. The SMILES string of the molecule is CCOC(=O)[C@@H]1CCCN(CC(=O)Nc2ccccc2)C1. The highest BCUT2D eigenvalue weighted by Gasteiger charge is 2.27. The lowest BCUT2D eigenvalue weighted by atomic mass is 9.98. The third kappa shape index (κ3) is 4.86. The van der Waals surface area contributed by atoms with Gasteiger partial charge in [0.1, 0.15) is 0 Å². The van der Waals surface area contributed by atoms with Crippen molar-refractivity contribution in [1.82, 2.24) is 4.90 Å². The minimum absolute atomic E-state index is 0.0503. The Kier molecular flexibility index (Phi) is 5.75. The van der Waals surface area contributed by atoms with E-state index in [0.717, 1.165) is 25.1 Å². The zero-order chi connectivity index (χ0) is 15.1. The van der Waals surface area contributed by atoms with Gasteiger partial charge in [0.25, 0.3) is 0 Å². The Labute approximate surface area is 125 Å². The van der Waals surface area contributed by atoms with Gasteiger partial charge in [-0.1, -0.05) is 18.2 Å². The number of esters is 1. The number of rotatable bonds is 5. The first kappa shape index (κ1) is 15.5. The van der Waals surface area contributed by atoms with Crippen LogP contribution in [0.5, 0.6) is 0 Å². The lowest BCUT2D eigenvalue weighted by Gasteiger charge is -2.30. The molecule has 0 aromatic heterocycles. The second-order valence-electron chi connectivity index (χ2n) is 5.24. The molecule has 0 bridgehead atoms. The third-order valence-corrected chi connectivity index (χ3v) is 3.55. The zero-order valence-electron chi connectivity index (χ0n) is 12.4. The molecule has 1 aromatic carbocycles. The van der Waals surface area contributed by atoms with E-state index in [1.165, 1.54) is 0 Å². The molecule has 1 aliphatic rings. The maximum atomic E-state index is 12.0. The standard InChI is InChI=1S/C16H22N2O3/c1-2-21-16(20)13-7-6-10-18(11-13)12-15(19)17-14-8-4-3-5-9-14/h3-5,8-9,13H,2,6-7,10-12H2,1H3,(H,17,19)/t13-/m1/s1. The summed E-state index contributed by atoms with van der Waals surface area (Å²) < 4.78 is 5.06. The molecule has 5 nitrogen and oxygen atoms in total.